The minimum atomic E-state index is -0.972. The monoisotopic (exact) mass is 311 g/mol. The molecule has 1 heterocycles. The molecule has 7 heteroatoms. The standard InChI is InChI=1S/C14H11F2NO3S/c1-7-6-21-12(14(19)20-2)11(7)17-13(18)10-8(15)4-3-5-9(10)16/h3-6H,1-2H3,(H,17,18). The molecule has 0 atom stereocenters. The third kappa shape index (κ3) is 2.92. The quantitative estimate of drug-likeness (QED) is 0.884. The molecule has 0 bridgehead atoms. The summed E-state index contributed by atoms with van der Waals surface area (Å²) >= 11 is 1.08. The highest BCUT2D eigenvalue weighted by Crippen LogP contribution is 2.29. The topological polar surface area (TPSA) is 55.4 Å². The molecular weight excluding hydrogens is 300 g/mol. The second-order valence-corrected chi connectivity index (χ2v) is 5.04. The summed E-state index contributed by atoms with van der Waals surface area (Å²) in [5.41, 5.74) is 0.101. The van der Waals surface area contributed by atoms with E-state index in [0.717, 1.165) is 29.5 Å². The first-order valence-corrected chi connectivity index (χ1v) is 6.75. The minimum Gasteiger partial charge on any atom is -0.465 e. The normalized spacial score (nSPS) is 10.3. The van der Waals surface area contributed by atoms with Gasteiger partial charge in [-0.1, -0.05) is 6.07 Å². The van der Waals surface area contributed by atoms with Crippen LogP contribution in [0.15, 0.2) is 23.6 Å². The molecule has 2 rings (SSSR count). The molecule has 1 N–H and O–H groups in total. The van der Waals surface area contributed by atoms with Gasteiger partial charge in [0.25, 0.3) is 5.91 Å². The molecule has 0 fully saturated rings. The summed E-state index contributed by atoms with van der Waals surface area (Å²) in [4.78, 5) is 23.8. The zero-order valence-corrected chi connectivity index (χ0v) is 12.0. The Morgan fingerprint density at radius 2 is 1.86 bits per heavy atom. The fourth-order valence-electron chi connectivity index (χ4n) is 1.73. The van der Waals surface area contributed by atoms with Crippen molar-refractivity contribution in [3.63, 3.8) is 0 Å². The number of ether oxygens (including phenoxy) is 1. The number of thiophene rings is 1. The van der Waals surface area contributed by atoms with Crippen LogP contribution in [0.2, 0.25) is 0 Å². The number of carbonyl (C=O) groups excluding carboxylic acids is 2. The number of benzene rings is 1. The lowest BCUT2D eigenvalue weighted by Gasteiger charge is -2.08. The van der Waals surface area contributed by atoms with Gasteiger partial charge in [0.05, 0.1) is 12.8 Å². The number of aryl methyl sites for hydroxylation is 1. The van der Waals surface area contributed by atoms with Gasteiger partial charge in [0, 0.05) is 0 Å². The van der Waals surface area contributed by atoms with Crippen LogP contribution in [0.3, 0.4) is 0 Å². The van der Waals surface area contributed by atoms with Gasteiger partial charge in [-0.2, -0.15) is 0 Å². The van der Waals surface area contributed by atoms with E-state index < -0.39 is 29.1 Å². The number of halogens is 2. The number of anilines is 1. The van der Waals surface area contributed by atoms with Crippen molar-refractivity contribution in [2.45, 2.75) is 6.92 Å². The fourth-order valence-corrected chi connectivity index (χ4v) is 2.66. The first-order valence-electron chi connectivity index (χ1n) is 5.87. The van der Waals surface area contributed by atoms with Crippen LogP contribution in [0.1, 0.15) is 25.6 Å². The van der Waals surface area contributed by atoms with Gasteiger partial charge < -0.3 is 10.1 Å². The molecule has 21 heavy (non-hydrogen) atoms. The van der Waals surface area contributed by atoms with Crippen LogP contribution in [0, 0.1) is 18.6 Å². The predicted octanol–water partition coefficient (Wildman–Crippen LogP) is 3.37. The van der Waals surface area contributed by atoms with Crippen LogP contribution in [0.5, 0.6) is 0 Å². The number of amides is 1. The van der Waals surface area contributed by atoms with Crippen molar-refractivity contribution in [3.05, 3.63) is 51.2 Å². The Hall–Kier alpha value is -2.28. The first-order chi connectivity index (χ1) is 9.95. The number of nitrogens with one attached hydrogen (secondary N) is 1. The van der Waals surface area contributed by atoms with Gasteiger partial charge in [-0.25, -0.2) is 13.6 Å². The van der Waals surface area contributed by atoms with E-state index in [9.17, 15) is 18.4 Å². The predicted molar refractivity (Wildman–Crippen MR) is 74.7 cm³/mol. The van der Waals surface area contributed by atoms with E-state index >= 15 is 0 Å². The maximum Gasteiger partial charge on any atom is 0.350 e. The summed E-state index contributed by atoms with van der Waals surface area (Å²) in [7, 11) is 1.21. The van der Waals surface area contributed by atoms with E-state index in [1.165, 1.54) is 7.11 Å². The largest absolute Gasteiger partial charge is 0.465 e. The minimum absolute atomic E-state index is 0.167. The average molecular weight is 311 g/mol. The van der Waals surface area contributed by atoms with Crippen LogP contribution >= 0.6 is 11.3 Å². The fraction of sp³-hybridized carbons (Fsp3) is 0.143. The van der Waals surface area contributed by atoms with Crippen LogP contribution in [0.25, 0.3) is 0 Å². The maximum atomic E-state index is 13.6. The van der Waals surface area contributed by atoms with Gasteiger partial charge in [-0.05, 0) is 30.0 Å². The molecular formula is C14H11F2NO3S. The average Bonchev–Trinajstić information content (AvgIpc) is 2.79. The van der Waals surface area contributed by atoms with Gasteiger partial charge in [0.2, 0.25) is 0 Å². The molecule has 4 nitrogen and oxygen atoms in total. The van der Waals surface area contributed by atoms with Crippen LogP contribution in [-0.4, -0.2) is 19.0 Å². The molecule has 0 spiro atoms. The zero-order chi connectivity index (χ0) is 15.6. The van der Waals surface area contributed by atoms with E-state index in [1.807, 2.05) is 0 Å². The van der Waals surface area contributed by atoms with Gasteiger partial charge in [-0.3, -0.25) is 4.79 Å². The van der Waals surface area contributed by atoms with Crippen LogP contribution < -0.4 is 5.32 Å². The molecule has 0 aliphatic carbocycles. The van der Waals surface area contributed by atoms with Crippen molar-refractivity contribution in [1.29, 1.82) is 0 Å². The Labute approximate surface area is 123 Å². The van der Waals surface area contributed by atoms with E-state index in [-0.39, 0.29) is 10.6 Å². The number of methoxy groups -OCH3 is 1. The van der Waals surface area contributed by atoms with Crippen molar-refractivity contribution in [1.82, 2.24) is 0 Å². The van der Waals surface area contributed by atoms with Gasteiger partial charge >= 0.3 is 5.97 Å². The van der Waals surface area contributed by atoms with Crippen molar-refractivity contribution in [2.75, 3.05) is 12.4 Å². The smallest absolute Gasteiger partial charge is 0.350 e. The summed E-state index contributed by atoms with van der Waals surface area (Å²) < 4.78 is 31.7. The Kier molecular flexibility index (Phi) is 4.32. The lowest BCUT2D eigenvalue weighted by molar-refractivity contribution is 0.0607. The lowest BCUT2D eigenvalue weighted by atomic mass is 10.1. The molecule has 0 unspecified atom stereocenters. The second kappa shape index (κ2) is 6.01. The highest BCUT2D eigenvalue weighted by atomic mass is 32.1. The van der Waals surface area contributed by atoms with Gasteiger partial charge in [0.1, 0.15) is 22.1 Å². The third-order valence-corrected chi connectivity index (χ3v) is 3.85. The molecule has 1 aromatic heterocycles. The van der Waals surface area contributed by atoms with Gasteiger partial charge in [-0.15, -0.1) is 11.3 Å². The Morgan fingerprint density at radius 1 is 1.24 bits per heavy atom. The third-order valence-electron chi connectivity index (χ3n) is 2.77. The molecule has 1 aromatic carbocycles. The summed E-state index contributed by atoms with van der Waals surface area (Å²) in [6, 6.07) is 3.14. The van der Waals surface area contributed by atoms with Crippen LogP contribution in [-0.2, 0) is 4.74 Å². The van der Waals surface area contributed by atoms with E-state index in [0.29, 0.717) is 5.56 Å². The molecule has 0 saturated heterocycles. The molecule has 1 amide bonds. The number of rotatable bonds is 3. The van der Waals surface area contributed by atoms with Crippen molar-refractivity contribution < 1.29 is 23.1 Å². The number of esters is 1. The molecule has 0 aliphatic heterocycles. The van der Waals surface area contributed by atoms with Crippen molar-refractivity contribution in [2.24, 2.45) is 0 Å². The molecule has 2 aromatic rings. The molecule has 0 aliphatic rings. The number of hydrogen-bond donors (Lipinski definition) is 1. The Bertz CT molecular complexity index is 692. The van der Waals surface area contributed by atoms with E-state index in [2.05, 4.69) is 10.1 Å². The first kappa shape index (κ1) is 15.1. The van der Waals surface area contributed by atoms with Gasteiger partial charge in [0.15, 0.2) is 0 Å². The van der Waals surface area contributed by atoms with E-state index in [4.69, 9.17) is 0 Å². The highest BCUT2D eigenvalue weighted by molar-refractivity contribution is 7.12. The molecule has 0 saturated carbocycles. The van der Waals surface area contributed by atoms with Crippen molar-refractivity contribution >= 4 is 28.9 Å². The summed E-state index contributed by atoms with van der Waals surface area (Å²) in [6.45, 7) is 1.66. The lowest BCUT2D eigenvalue weighted by Crippen LogP contribution is -2.17. The number of carbonyl (C=O) groups is 2. The maximum absolute atomic E-state index is 13.6. The van der Waals surface area contributed by atoms with Crippen LogP contribution in [0.4, 0.5) is 14.5 Å². The summed E-state index contributed by atoms with van der Waals surface area (Å²) in [6.07, 6.45) is 0. The summed E-state index contributed by atoms with van der Waals surface area (Å²) in [5, 5.41) is 4.00. The second-order valence-electron chi connectivity index (χ2n) is 4.17. The Balaban J connectivity index is 2.37. The molecule has 0 radical (unpaired) electrons. The number of hydrogen-bond acceptors (Lipinski definition) is 4. The zero-order valence-electron chi connectivity index (χ0n) is 11.2. The molecule has 110 valence electrons. The highest BCUT2D eigenvalue weighted by Gasteiger charge is 2.22. The van der Waals surface area contributed by atoms with E-state index in [1.54, 1.807) is 12.3 Å². The SMILES string of the molecule is COC(=O)c1scc(C)c1NC(=O)c1c(F)cccc1F. The summed E-state index contributed by atoms with van der Waals surface area (Å²) in [5.74, 6) is -3.53. The van der Waals surface area contributed by atoms with Crippen molar-refractivity contribution in [3.8, 4) is 0 Å². The Morgan fingerprint density at radius 3 is 2.43 bits per heavy atom.